The van der Waals surface area contributed by atoms with Crippen molar-refractivity contribution in [1.82, 2.24) is 0 Å². The maximum absolute atomic E-state index is 12.8. The molecule has 0 aromatic rings. The zero-order valence-electron chi connectivity index (χ0n) is 8.18. The van der Waals surface area contributed by atoms with E-state index in [0.29, 0.717) is 18.3 Å². The SMILES string of the molecule is OC1(CC2CC2(F)F)CC2CCC1C2. The summed E-state index contributed by atoms with van der Waals surface area (Å²) in [5.41, 5.74) is -0.729. The summed E-state index contributed by atoms with van der Waals surface area (Å²) < 4.78 is 25.5. The van der Waals surface area contributed by atoms with E-state index >= 15 is 0 Å². The molecule has 0 spiro atoms. The van der Waals surface area contributed by atoms with Crippen LogP contribution in [0.1, 0.15) is 38.5 Å². The predicted molar refractivity (Wildman–Crippen MR) is 48.1 cm³/mol. The molecule has 2 bridgehead atoms. The Morgan fingerprint density at radius 3 is 2.36 bits per heavy atom. The van der Waals surface area contributed by atoms with Crippen LogP contribution in [0.25, 0.3) is 0 Å². The number of rotatable bonds is 2. The van der Waals surface area contributed by atoms with Gasteiger partial charge in [0.15, 0.2) is 0 Å². The van der Waals surface area contributed by atoms with Crippen LogP contribution >= 0.6 is 0 Å². The van der Waals surface area contributed by atoms with Gasteiger partial charge in [0, 0.05) is 12.3 Å². The van der Waals surface area contributed by atoms with Crippen LogP contribution in [0.15, 0.2) is 0 Å². The van der Waals surface area contributed by atoms with Crippen LogP contribution in [0.2, 0.25) is 0 Å². The average Bonchev–Trinajstić information content (AvgIpc) is 2.52. The number of fused-ring (bicyclic) bond motifs is 2. The van der Waals surface area contributed by atoms with Crippen LogP contribution in [-0.2, 0) is 0 Å². The minimum atomic E-state index is -2.46. The summed E-state index contributed by atoms with van der Waals surface area (Å²) in [6.07, 6.45) is 4.47. The third-order valence-electron chi connectivity index (χ3n) is 4.50. The van der Waals surface area contributed by atoms with E-state index in [0.717, 1.165) is 19.3 Å². The molecule has 3 heteroatoms. The van der Waals surface area contributed by atoms with Crippen molar-refractivity contribution in [2.24, 2.45) is 17.8 Å². The van der Waals surface area contributed by atoms with Gasteiger partial charge in [0.05, 0.1) is 5.60 Å². The molecule has 1 nitrogen and oxygen atoms in total. The molecule has 0 saturated heterocycles. The molecule has 3 aliphatic rings. The third-order valence-corrected chi connectivity index (χ3v) is 4.50. The van der Waals surface area contributed by atoms with E-state index in [1.54, 1.807) is 0 Å². The Kier molecular flexibility index (Phi) is 1.61. The van der Waals surface area contributed by atoms with E-state index in [9.17, 15) is 13.9 Å². The topological polar surface area (TPSA) is 20.2 Å². The van der Waals surface area contributed by atoms with Gasteiger partial charge in [0.2, 0.25) is 0 Å². The summed E-state index contributed by atoms with van der Waals surface area (Å²) in [5, 5.41) is 10.3. The first-order valence-electron chi connectivity index (χ1n) is 5.60. The molecule has 0 radical (unpaired) electrons. The molecule has 14 heavy (non-hydrogen) atoms. The number of aliphatic hydroxyl groups is 1. The normalized spacial score (nSPS) is 53.8. The van der Waals surface area contributed by atoms with Crippen LogP contribution in [0.4, 0.5) is 8.78 Å². The van der Waals surface area contributed by atoms with Gasteiger partial charge in [-0.15, -0.1) is 0 Å². The van der Waals surface area contributed by atoms with Gasteiger partial charge in [-0.05, 0) is 43.9 Å². The smallest absolute Gasteiger partial charge is 0.251 e. The van der Waals surface area contributed by atoms with Crippen LogP contribution in [-0.4, -0.2) is 16.6 Å². The molecule has 0 heterocycles. The first-order valence-corrected chi connectivity index (χ1v) is 5.60. The standard InChI is InChI=1S/C11H16F2O/c12-11(13)6-9(11)5-10(14)4-7-1-2-8(10)3-7/h7-9,14H,1-6H2. The second kappa shape index (κ2) is 2.49. The highest BCUT2D eigenvalue weighted by atomic mass is 19.3. The third kappa shape index (κ3) is 1.21. The quantitative estimate of drug-likeness (QED) is 0.729. The highest BCUT2D eigenvalue weighted by Crippen LogP contribution is 2.59. The van der Waals surface area contributed by atoms with E-state index in [-0.39, 0.29) is 6.42 Å². The maximum Gasteiger partial charge on any atom is 0.251 e. The predicted octanol–water partition coefficient (Wildman–Crippen LogP) is 2.58. The lowest BCUT2D eigenvalue weighted by atomic mass is 9.80. The summed E-state index contributed by atoms with van der Waals surface area (Å²) in [5.74, 6) is -2.04. The first-order chi connectivity index (χ1) is 6.50. The summed E-state index contributed by atoms with van der Waals surface area (Å²) in [6, 6.07) is 0. The van der Waals surface area contributed by atoms with Gasteiger partial charge in [-0.3, -0.25) is 0 Å². The molecule has 3 saturated carbocycles. The molecular formula is C11H16F2O. The Balaban J connectivity index is 1.67. The Bertz CT molecular complexity index is 266. The highest BCUT2D eigenvalue weighted by molar-refractivity contribution is 5.07. The molecule has 0 aromatic heterocycles. The summed E-state index contributed by atoms with van der Waals surface area (Å²) in [7, 11) is 0. The second-order valence-corrected chi connectivity index (χ2v) is 5.55. The molecule has 3 fully saturated rings. The van der Waals surface area contributed by atoms with Crippen molar-refractivity contribution in [2.75, 3.05) is 0 Å². The fraction of sp³-hybridized carbons (Fsp3) is 1.00. The average molecular weight is 202 g/mol. The van der Waals surface area contributed by atoms with Gasteiger partial charge in [-0.2, -0.15) is 0 Å². The minimum Gasteiger partial charge on any atom is -0.390 e. The zero-order valence-corrected chi connectivity index (χ0v) is 8.18. The summed E-state index contributed by atoms with van der Waals surface area (Å²) in [6.45, 7) is 0. The van der Waals surface area contributed by atoms with Gasteiger partial charge in [0.1, 0.15) is 0 Å². The zero-order chi connectivity index (χ0) is 9.97. The Morgan fingerprint density at radius 1 is 1.21 bits per heavy atom. The van der Waals surface area contributed by atoms with Crippen molar-refractivity contribution in [3.05, 3.63) is 0 Å². The van der Waals surface area contributed by atoms with Crippen molar-refractivity contribution in [2.45, 2.75) is 50.0 Å². The monoisotopic (exact) mass is 202 g/mol. The lowest BCUT2D eigenvalue weighted by molar-refractivity contribution is -0.0364. The maximum atomic E-state index is 12.8. The number of hydrogen-bond donors (Lipinski definition) is 1. The van der Waals surface area contributed by atoms with Crippen LogP contribution < -0.4 is 0 Å². The fourth-order valence-corrected chi connectivity index (χ4v) is 3.58. The van der Waals surface area contributed by atoms with E-state index in [1.165, 1.54) is 6.42 Å². The highest BCUT2D eigenvalue weighted by Gasteiger charge is 2.61. The first kappa shape index (κ1) is 9.08. The van der Waals surface area contributed by atoms with Crippen molar-refractivity contribution in [1.29, 1.82) is 0 Å². The van der Waals surface area contributed by atoms with E-state index in [1.807, 2.05) is 0 Å². The molecule has 80 valence electrons. The van der Waals surface area contributed by atoms with Crippen LogP contribution in [0.5, 0.6) is 0 Å². The minimum absolute atomic E-state index is 0.00664. The molecule has 4 unspecified atom stereocenters. The van der Waals surface area contributed by atoms with Crippen molar-refractivity contribution < 1.29 is 13.9 Å². The molecular weight excluding hydrogens is 186 g/mol. The number of halogens is 2. The fourth-order valence-electron chi connectivity index (χ4n) is 3.58. The summed E-state index contributed by atoms with van der Waals surface area (Å²) in [4.78, 5) is 0. The molecule has 0 aromatic carbocycles. The molecule has 0 amide bonds. The van der Waals surface area contributed by atoms with Crippen LogP contribution in [0.3, 0.4) is 0 Å². The number of alkyl halides is 2. The van der Waals surface area contributed by atoms with Gasteiger partial charge in [-0.1, -0.05) is 0 Å². The van der Waals surface area contributed by atoms with E-state index in [2.05, 4.69) is 0 Å². The summed E-state index contributed by atoms with van der Waals surface area (Å²) >= 11 is 0. The molecule has 4 atom stereocenters. The van der Waals surface area contributed by atoms with E-state index in [4.69, 9.17) is 0 Å². The molecule has 3 rings (SSSR count). The second-order valence-electron chi connectivity index (χ2n) is 5.55. The van der Waals surface area contributed by atoms with Gasteiger partial charge in [-0.25, -0.2) is 8.78 Å². The lowest BCUT2D eigenvalue weighted by Gasteiger charge is -2.32. The van der Waals surface area contributed by atoms with Gasteiger partial charge >= 0.3 is 0 Å². The van der Waals surface area contributed by atoms with Crippen LogP contribution in [0, 0.1) is 17.8 Å². The van der Waals surface area contributed by atoms with Gasteiger partial charge in [0.25, 0.3) is 5.92 Å². The largest absolute Gasteiger partial charge is 0.390 e. The van der Waals surface area contributed by atoms with Crippen molar-refractivity contribution >= 4 is 0 Å². The molecule has 0 aliphatic heterocycles. The van der Waals surface area contributed by atoms with Gasteiger partial charge < -0.3 is 5.11 Å². The molecule has 1 N–H and O–H groups in total. The Hall–Kier alpha value is -0.180. The Labute approximate surface area is 82.5 Å². The van der Waals surface area contributed by atoms with Crippen molar-refractivity contribution in [3.8, 4) is 0 Å². The van der Waals surface area contributed by atoms with E-state index < -0.39 is 17.4 Å². The van der Waals surface area contributed by atoms with Crippen molar-refractivity contribution in [3.63, 3.8) is 0 Å². The number of hydrogen-bond acceptors (Lipinski definition) is 1. The lowest BCUT2D eigenvalue weighted by Crippen LogP contribution is -2.36. The molecule has 3 aliphatic carbocycles. The Morgan fingerprint density at radius 2 is 1.93 bits per heavy atom.